The lowest BCUT2D eigenvalue weighted by Crippen LogP contribution is -2.34. The molecule has 0 unspecified atom stereocenters. The van der Waals surface area contributed by atoms with Crippen molar-refractivity contribution in [2.45, 2.75) is 50.9 Å². The molecule has 1 saturated carbocycles. The van der Waals surface area contributed by atoms with Crippen LogP contribution in [0.25, 0.3) is 27.7 Å². The zero-order valence-electron chi connectivity index (χ0n) is 26.0. The Morgan fingerprint density at radius 1 is 1.00 bits per heavy atom. The number of pyridine rings is 1. The Balaban J connectivity index is 1.24. The van der Waals surface area contributed by atoms with Crippen molar-refractivity contribution in [3.05, 3.63) is 101 Å². The van der Waals surface area contributed by atoms with Gasteiger partial charge in [-0.3, -0.25) is 9.59 Å². The van der Waals surface area contributed by atoms with E-state index in [0.29, 0.717) is 36.2 Å². The highest BCUT2D eigenvalue weighted by Crippen LogP contribution is 2.41. The highest BCUT2D eigenvalue weighted by atomic mass is 19.4. The van der Waals surface area contributed by atoms with Crippen molar-refractivity contribution in [3.63, 3.8) is 0 Å². The molecule has 6 rings (SSSR count). The molecule has 1 fully saturated rings. The predicted molar refractivity (Wildman–Crippen MR) is 171 cm³/mol. The van der Waals surface area contributed by atoms with Crippen LogP contribution in [0.5, 0.6) is 0 Å². The van der Waals surface area contributed by atoms with E-state index in [1.807, 2.05) is 0 Å². The van der Waals surface area contributed by atoms with Crippen molar-refractivity contribution in [3.8, 4) is 11.1 Å². The molecule has 1 amide bonds. The molecule has 250 valence electrons. The highest BCUT2D eigenvalue weighted by molar-refractivity contribution is 6.09. The van der Waals surface area contributed by atoms with Crippen LogP contribution in [0, 0.1) is 18.6 Å². The fraction of sp³-hybridized carbons (Fsp3) is 0.286. The summed E-state index contributed by atoms with van der Waals surface area (Å²) in [5.41, 5.74) is -0.983. The molecule has 0 spiro atoms. The van der Waals surface area contributed by atoms with Gasteiger partial charge in [-0.25, -0.2) is 13.8 Å². The van der Waals surface area contributed by atoms with Crippen LogP contribution in [0.3, 0.4) is 0 Å². The molecular formula is C35H32F5N5O3. The van der Waals surface area contributed by atoms with Gasteiger partial charge < -0.3 is 24.7 Å². The number of aliphatic hydroxyl groups excluding tert-OH is 1. The van der Waals surface area contributed by atoms with E-state index in [1.165, 1.54) is 47.0 Å². The van der Waals surface area contributed by atoms with E-state index in [2.05, 4.69) is 15.6 Å². The Morgan fingerprint density at radius 2 is 1.71 bits per heavy atom. The number of rotatable bonds is 8. The van der Waals surface area contributed by atoms with Gasteiger partial charge in [-0.05, 0) is 80.6 Å². The molecule has 0 bridgehead atoms. The molecule has 0 radical (unpaired) electrons. The van der Waals surface area contributed by atoms with E-state index >= 15 is 8.78 Å². The number of aliphatic hydroxyl groups is 1. The van der Waals surface area contributed by atoms with Crippen LogP contribution in [0.1, 0.15) is 53.1 Å². The zero-order valence-corrected chi connectivity index (χ0v) is 26.0. The van der Waals surface area contributed by atoms with Gasteiger partial charge in [-0.2, -0.15) is 13.2 Å². The fourth-order valence-electron chi connectivity index (χ4n) is 6.18. The largest absolute Gasteiger partial charge is 0.417 e. The Labute approximate surface area is 271 Å². The average molecular weight is 666 g/mol. The van der Waals surface area contributed by atoms with E-state index in [-0.39, 0.29) is 40.0 Å². The zero-order chi connectivity index (χ0) is 34.3. The van der Waals surface area contributed by atoms with Gasteiger partial charge >= 0.3 is 6.18 Å². The number of benzene rings is 2. The maximum absolute atomic E-state index is 15.1. The summed E-state index contributed by atoms with van der Waals surface area (Å²) in [4.78, 5) is 30.2. The molecule has 3 aromatic heterocycles. The summed E-state index contributed by atoms with van der Waals surface area (Å²) in [7, 11) is 1.63. The predicted octanol–water partition coefficient (Wildman–Crippen LogP) is 6.72. The van der Waals surface area contributed by atoms with Crippen LogP contribution in [-0.4, -0.2) is 49.4 Å². The molecule has 0 saturated heterocycles. The molecule has 3 heterocycles. The first-order chi connectivity index (χ1) is 22.8. The number of anilines is 1. The minimum Gasteiger partial charge on any atom is -0.393 e. The summed E-state index contributed by atoms with van der Waals surface area (Å²) < 4.78 is 76.0. The third-order valence-corrected chi connectivity index (χ3v) is 8.81. The van der Waals surface area contributed by atoms with Crippen LogP contribution >= 0.6 is 0 Å². The van der Waals surface area contributed by atoms with Gasteiger partial charge in [0.05, 0.1) is 33.9 Å². The van der Waals surface area contributed by atoms with Crippen LogP contribution in [-0.2, 0) is 18.0 Å². The summed E-state index contributed by atoms with van der Waals surface area (Å²) in [5, 5.41) is 15.0. The smallest absolute Gasteiger partial charge is 0.393 e. The van der Waals surface area contributed by atoms with Crippen molar-refractivity contribution in [2.75, 3.05) is 11.9 Å². The Hall–Kier alpha value is -4.88. The van der Waals surface area contributed by atoms with E-state index in [0.717, 1.165) is 37.1 Å². The third-order valence-electron chi connectivity index (χ3n) is 8.81. The lowest BCUT2D eigenvalue weighted by Gasteiger charge is -2.25. The van der Waals surface area contributed by atoms with Gasteiger partial charge in [0.2, 0.25) is 11.7 Å². The number of hydrogen-bond acceptors (Lipinski definition) is 5. The number of hydrogen-bond donors (Lipinski definition) is 3. The first-order valence-corrected chi connectivity index (χ1v) is 15.4. The van der Waals surface area contributed by atoms with Gasteiger partial charge in [0.15, 0.2) is 0 Å². The second-order valence-electron chi connectivity index (χ2n) is 11.9. The lowest BCUT2D eigenvalue weighted by molar-refractivity contribution is -0.137. The summed E-state index contributed by atoms with van der Waals surface area (Å²) in [6.07, 6.45) is 2.18. The number of fused-ring (bicyclic) bond motifs is 2. The van der Waals surface area contributed by atoms with E-state index in [4.69, 9.17) is 0 Å². The number of nitrogens with zero attached hydrogens (tertiary/aromatic N) is 3. The van der Waals surface area contributed by atoms with E-state index < -0.39 is 40.8 Å². The average Bonchev–Trinajstić information content (AvgIpc) is 3.60. The van der Waals surface area contributed by atoms with Gasteiger partial charge in [0.25, 0.3) is 0 Å². The number of aromatic nitrogens is 3. The lowest BCUT2D eigenvalue weighted by atomic mass is 9.93. The third kappa shape index (κ3) is 6.47. The van der Waals surface area contributed by atoms with Crippen molar-refractivity contribution in [1.29, 1.82) is 0 Å². The summed E-state index contributed by atoms with van der Waals surface area (Å²) in [6, 6.07) is 10.0. The van der Waals surface area contributed by atoms with E-state index in [1.54, 1.807) is 18.5 Å². The minimum atomic E-state index is -4.70. The summed E-state index contributed by atoms with van der Waals surface area (Å²) in [6.45, 7) is 2.04. The van der Waals surface area contributed by atoms with Crippen LogP contribution < -0.4 is 10.6 Å². The van der Waals surface area contributed by atoms with Crippen LogP contribution in [0.15, 0.2) is 66.9 Å². The van der Waals surface area contributed by atoms with E-state index in [9.17, 15) is 27.9 Å². The van der Waals surface area contributed by atoms with Crippen molar-refractivity contribution in [2.24, 2.45) is 7.05 Å². The second kappa shape index (κ2) is 13.0. The normalized spacial score (nSPS) is 17.1. The Bertz CT molecular complexity index is 2050. The maximum Gasteiger partial charge on any atom is 0.417 e. The van der Waals surface area contributed by atoms with Gasteiger partial charge in [-0.1, -0.05) is 12.1 Å². The molecule has 48 heavy (non-hydrogen) atoms. The van der Waals surface area contributed by atoms with Crippen LogP contribution in [0.4, 0.5) is 27.6 Å². The highest BCUT2D eigenvalue weighted by Gasteiger charge is 2.35. The van der Waals surface area contributed by atoms with Gasteiger partial charge in [-0.15, -0.1) is 0 Å². The number of imidazole rings is 1. The molecule has 1 aliphatic carbocycles. The number of aryl methyl sites for hydroxylation is 2. The van der Waals surface area contributed by atoms with Gasteiger partial charge in [0.1, 0.15) is 23.1 Å². The molecule has 5 aromatic rings. The molecule has 0 atom stereocenters. The SMILES string of the molecule is Cc1nc2cc(-c3cccn4c(C(=O)c5cc(F)c(NC(=O)/C=C/CNC6CCC(O)CC6)c(F)c5)ccc34)c(C(F)(F)F)cc2n1C. The minimum absolute atomic E-state index is 0.0336. The molecule has 1 aliphatic rings. The number of carbonyl (C=O) groups excluding carboxylic acids is 2. The van der Waals surface area contributed by atoms with Crippen LogP contribution in [0.2, 0.25) is 0 Å². The molecule has 13 heteroatoms. The molecule has 0 aliphatic heterocycles. The fourth-order valence-corrected chi connectivity index (χ4v) is 6.18. The molecular weight excluding hydrogens is 633 g/mol. The van der Waals surface area contributed by atoms with Crippen molar-refractivity contribution >= 4 is 33.9 Å². The number of nitrogens with one attached hydrogen (secondary N) is 2. The Kier molecular flexibility index (Phi) is 8.92. The molecule has 2 aromatic carbocycles. The number of alkyl halides is 3. The van der Waals surface area contributed by atoms with Gasteiger partial charge in [0, 0.05) is 43.0 Å². The number of carbonyl (C=O) groups is 2. The first kappa shape index (κ1) is 33.0. The monoisotopic (exact) mass is 665 g/mol. The first-order valence-electron chi connectivity index (χ1n) is 15.4. The second-order valence-corrected chi connectivity index (χ2v) is 11.9. The number of amides is 1. The summed E-state index contributed by atoms with van der Waals surface area (Å²) in [5.74, 6) is -3.36. The molecule has 3 N–H and O–H groups in total. The number of halogens is 5. The number of ketones is 1. The molecule has 8 nitrogen and oxygen atoms in total. The Morgan fingerprint density at radius 3 is 2.40 bits per heavy atom. The van der Waals surface area contributed by atoms with Crippen molar-refractivity contribution < 1.29 is 36.6 Å². The standard InChI is InChI=1S/C35H32F5N5O3/c1-19-42-28-17-24(25(35(38,39)40)18-31(28)44(19)2)23-5-4-14-45-29(23)11-12-30(45)34(48)20-15-26(36)33(27(37)16-20)43-32(47)6-3-13-41-21-7-9-22(46)10-8-21/h3-6,11-12,14-18,21-22,41,46H,7-10,13H2,1-2H3,(H,43,47)/b6-3+. The topological polar surface area (TPSA) is 101 Å². The maximum atomic E-state index is 15.1. The van der Waals surface area contributed by atoms with Crippen molar-refractivity contribution in [1.82, 2.24) is 19.3 Å². The quantitative estimate of drug-likeness (QED) is 0.0972. The summed E-state index contributed by atoms with van der Waals surface area (Å²) >= 11 is 0.